The zero-order chi connectivity index (χ0) is 21.5. The van der Waals surface area contributed by atoms with Crippen molar-refractivity contribution in [2.75, 3.05) is 6.61 Å². The fourth-order valence-electron chi connectivity index (χ4n) is 3.09. The number of pyridine rings is 1. The molecular weight excluding hydrogens is 380 g/mol. The summed E-state index contributed by atoms with van der Waals surface area (Å²) in [6, 6.07) is 21.3. The Kier molecular flexibility index (Phi) is 6.77. The standard InChI is InChI=1S/C23H24N4O3/c1-2-30-23(22(29)26-15-16-11-13-18(14-12-16)21(24)25)27-19(9-6-10-20(27)28)17-7-4-3-5-8-17/h3-14,23H,2,15H2,1H3,(H3,24,25)(H,26,29). The predicted molar refractivity (Wildman–Crippen MR) is 116 cm³/mol. The van der Waals surface area contributed by atoms with Crippen LogP contribution in [0.25, 0.3) is 11.3 Å². The van der Waals surface area contributed by atoms with E-state index in [1.54, 1.807) is 43.3 Å². The molecule has 0 aliphatic carbocycles. The monoisotopic (exact) mass is 404 g/mol. The molecule has 0 saturated carbocycles. The molecule has 7 nitrogen and oxygen atoms in total. The van der Waals surface area contributed by atoms with Gasteiger partial charge in [-0.1, -0.05) is 60.7 Å². The number of nitrogens with one attached hydrogen (secondary N) is 2. The molecule has 4 N–H and O–H groups in total. The number of amides is 1. The van der Waals surface area contributed by atoms with Crippen molar-refractivity contribution < 1.29 is 9.53 Å². The van der Waals surface area contributed by atoms with Gasteiger partial charge in [-0.15, -0.1) is 0 Å². The average Bonchev–Trinajstić information content (AvgIpc) is 2.77. The van der Waals surface area contributed by atoms with Crippen molar-refractivity contribution in [1.29, 1.82) is 5.41 Å². The molecule has 1 heterocycles. The van der Waals surface area contributed by atoms with Gasteiger partial charge in [-0.3, -0.25) is 19.6 Å². The van der Waals surface area contributed by atoms with Gasteiger partial charge in [0.1, 0.15) is 5.84 Å². The minimum Gasteiger partial charge on any atom is -0.384 e. The van der Waals surface area contributed by atoms with E-state index in [1.807, 2.05) is 30.3 Å². The van der Waals surface area contributed by atoms with Crippen LogP contribution in [0.5, 0.6) is 0 Å². The molecule has 0 aliphatic heterocycles. The Labute approximate surface area is 174 Å². The number of hydrogen-bond acceptors (Lipinski definition) is 4. The molecule has 0 saturated heterocycles. The van der Waals surface area contributed by atoms with Crippen molar-refractivity contribution in [3.8, 4) is 11.3 Å². The third-order valence-electron chi connectivity index (χ3n) is 4.57. The highest BCUT2D eigenvalue weighted by Crippen LogP contribution is 2.21. The third-order valence-corrected chi connectivity index (χ3v) is 4.57. The lowest BCUT2D eigenvalue weighted by molar-refractivity contribution is -0.139. The first-order valence-electron chi connectivity index (χ1n) is 9.61. The first-order chi connectivity index (χ1) is 14.5. The quantitative estimate of drug-likeness (QED) is 0.396. The van der Waals surface area contributed by atoms with Gasteiger partial charge in [0.25, 0.3) is 11.5 Å². The summed E-state index contributed by atoms with van der Waals surface area (Å²) in [5.41, 5.74) is 8.00. The van der Waals surface area contributed by atoms with Crippen LogP contribution >= 0.6 is 0 Å². The lowest BCUT2D eigenvalue weighted by Crippen LogP contribution is -2.39. The van der Waals surface area contributed by atoms with Gasteiger partial charge in [-0.05, 0) is 24.1 Å². The summed E-state index contributed by atoms with van der Waals surface area (Å²) in [7, 11) is 0. The third kappa shape index (κ3) is 4.82. The van der Waals surface area contributed by atoms with Crippen LogP contribution in [0.15, 0.2) is 77.6 Å². The van der Waals surface area contributed by atoms with E-state index in [4.69, 9.17) is 15.9 Å². The molecule has 0 bridgehead atoms. The van der Waals surface area contributed by atoms with Gasteiger partial charge in [0, 0.05) is 24.8 Å². The molecule has 0 aliphatic rings. The number of rotatable bonds is 8. The topological polar surface area (TPSA) is 110 Å². The smallest absolute Gasteiger partial charge is 0.270 e. The molecule has 30 heavy (non-hydrogen) atoms. The van der Waals surface area contributed by atoms with Gasteiger partial charge < -0.3 is 15.8 Å². The molecule has 1 unspecified atom stereocenters. The van der Waals surface area contributed by atoms with Crippen molar-refractivity contribution in [3.63, 3.8) is 0 Å². The molecule has 7 heteroatoms. The average molecular weight is 404 g/mol. The van der Waals surface area contributed by atoms with Crippen molar-refractivity contribution >= 4 is 11.7 Å². The second kappa shape index (κ2) is 9.67. The number of carbonyl (C=O) groups excluding carboxylic acids is 1. The number of nitrogens with zero attached hydrogens (tertiary/aromatic N) is 1. The Morgan fingerprint density at radius 2 is 1.77 bits per heavy atom. The normalized spacial score (nSPS) is 11.6. The number of hydrogen-bond donors (Lipinski definition) is 3. The number of amidine groups is 1. The molecule has 1 amide bonds. The summed E-state index contributed by atoms with van der Waals surface area (Å²) in [4.78, 5) is 25.6. The van der Waals surface area contributed by atoms with Gasteiger partial charge in [0.2, 0.25) is 6.23 Å². The summed E-state index contributed by atoms with van der Waals surface area (Å²) in [6.45, 7) is 2.29. The second-order valence-electron chi connectivity index (χ2n) is 6.62. The van der Waals surface area contributed by atoms with Crippen molar-refractivity contribution in [2.24, 2.45) is 5.73 Å². The van der Waals surface area contributed by atoms with E-state index < -0.39 is 12.1 Å². The van der Waals surface area contributed by atoms with Crippen LogP contribution in [-0.2, 0) is 16.1 Å². The maximum atomic E-state index is 13.0. The Bertz CT molecular complexity index is 1080. The van der Waals surface area contributed by atoms with Gasteiger partial charge in [0.05, 0.1) is 5.69 Å². The minimum absolute atomic E-state index is 0.0149. The number of carbonyl (C=O) groups is 1. The highest BCUT2D eigenvalue weighted by atomic mass is 16.5. The molecule has 0 spiro atoms. The molecule has 154 valence electrons. The molecule has 3 rings (SSSR count). The molecular formula is C23H24N4O3. The molecule has 0 radical (unpaired) electrons. The van der Waals surface area contributed by atoms with E-state index in [9.17, 15) is 9.59 Å². The first kappa shape index (κ1) is 21.0. The molecule has 0 fully saturated rings. The van der Waals surface area contributed by atoms with Crippen LogP contribution in [0, 0.1) is 5.41 Å². The predicted octanol–water partition coefficient (Wildman–Crippen LogP) is 2.65. The zero-order valence-electron chi connectivity index (χ0n) is 16.7. The van der Waals surface area contributed by atoms with Crippen LogP contribution in [0.1, 0.15) is 24.3 Å². The van der Waals surface area contributed by atoms with Crippen molar-refractivity contribution in [2.45, 2.75) is 19.7 Å². The fourth-order valence-corrected chi connectivity index (χ4v) is 3.09. The number of ether oxygens (including phenoxy) is 1. The van der Waals surface area contributed by atoms with Gasteiger partial charge in [-0.25, -0.2) is 0 Å². The lowest BCUT2D eigenvalue weighted by atomic mass is 10.1. The van der Waals surface area contributed by atoms with Gasteiger partial charge >= 0.3 is 0 Å². The van der Waals surface area contributed by atoms with Gasteiger partial charge in [0.15, 0.2) is 0 Å². The number of nitrogen functional groups attached to an aromatic ring is 1. The van der Waals surface area contributed by atoms with E-state index >= 15 is 0 Å². The summed E-state index contributed by atoms with van der Waals surface area (Å²) in [5, 5.41) is 10.3. The van der Waals surface area contributed by atoms with Crippen LogP contribution in [-0.4, -0.2) is 22.9 Å². The van der Waals surface area contributed by atoms with E-state index in [2.05, 4.69) is 5.32 Å². The van der Waals surface area contributed by atoms with E-state index in [0.717, 1.165) is 11.1 Å². The largest absolute Gasteiger partial charge is 0.384 e. The highest BCUT2D eigenvalue weighted by Gasteiger charge is 2.24. The van der Waals surface area contributed by atoms with E-state index in [0.29, 0.717) is 11.3 Å². The minimum atomic E-state index is -1.10. The number of nitrogens with two attached hydrogens (primary N) is 1. The van der Waals surface area contributed by atoms with Crippen LogP contribution in [0.2, 0.25) is 0 Å². The Morgan fingerprint density at radius 1 is 1.07 bits per heavy atom. The first-order valence-corrected chi connectivity index (χ1v) is 9.61. The molecule has 1 atom stereocenters. The van der Waals surface area contributed by atoms with Crippen LogP contribution in [0.3, 0.4) is 0 Å². The Hall–Kier alpha value is -3.71. The SMILES string of the molecule is CCOC(C(=O)NCc1ccc(C(=N)N)cc1)n1c(-c2ccccc2)cccc1=O. The second-order valence-corrected chi connectivity index (χ2v) is 6.62. The Balaban J connectivity index is 1.86. The summed E-state index contributed by atoms with van der Waals surface area (Å²) < 4.78 is 7.05. The van der Waals surface area contributed by atoms with Crippen molar-refractivity contribution in [3.05, 3.63) is 94.3 Å². The number of aromatic nitrogens is 1. The molecule has 3 aromatic rings. The van der Waals surface area contributed by atoms with Crippen LogP contribution < -0.4 is 16.6 Å². The maximum absolute atomic E-state index is 13.0. The summed E-state index contributed by atoms with van der Waals surface area (Å²) >= 11 is 0. The summed E-state index contributed by atoms with van der Waals surface area (Å²) in [6.07, 6.45) is -1.10. The van der Waals surface area contributed by atoms with E-state index in [1.165, 1.54) is 10.6 Å². The van der Waals surface area contributed by atoms with Crippen LogP contribution in [0.4, 0.5) is 0 Å². The molecule has 1 aromatic heterocycles. The number of benzene rings is 2. The van der Waals surface area contributed by atoms with Crippen molar-refractivity contribution in [1.82, 2.24) is 9.88 Å². The maximum Gasteiger partial charge on any atom is 0.270 e. The lowest BCUT2D eigenvalue weighted by Gasteiger charge is -2.22. The van der Waals surface area contributed by atoms with Gasteiger partial charge in [-0.2, -0.15) is 0 Å². The summed E-state index contributed by atoms with van der Waals surface area (Å²) in [5.74, 6) is -0.433. The highest BCUT2D eigenvalue weighted by molar-refractivity contribution is 5.94. The Morgan fingerprint density at radius 3 is 2.40 bits per heavy atom. The van der Waals surface area contributed by atoms with E-state index in [-0.39, 0.29) is 24.5 Å². The molecule has 2 aromatic carbocycles. The zero-order valence-corrected chi connectivity index (χ0v) is 16.7. The fraction of sp³-hybridized carbons (Fsp3) is 0.174.